The maximum absolute atomic E-state index is 11.2. The van der Waals surface area contributed by atoms with E-state index in [-0.39, 0.29) is 12.2 Å². The van der Waals surface area contributed by atoms with E-state index in [4.69, 9.17) is 23.2 Å². The normalized spacial score (nSPS) is 11.6. The molecule has 0 fully saturated rings. The summed E-state index contributed by atoms with van der Waals surface area (Å²) in [4.78, 5) is 21.0. The molecular weight excluding hydrogens is 215 g/mol. The first kappa shape index (κ1) is 12.5. The highest BCUT2D eigenvalue weighted by molar-refractivity contribution is 6.56. The highest BCUT2D eigenvalue weighted by Gasteiger charge is 2.23. The van der Waals surface area contributed by atoms with E-state index in [0.717, 1.165) is 0 Å². The van der Waals surface area contributed by atoms with Crippen LogP contribution in [0.2, 0.25) is 0 Å². The van der Waals surface area contributed by atoms with Crippen LogP contribution in [0.5, 0.6) is 0 Å². The minimum Gasteiger partial charge on any atom is -0.462 e. The zero-order valence-corrected chi connectivity index (χ0v) is 8.85. The van der Waals surface area contributed by atoms with Gasteiger partial charge in [-0.25, -0.2) is 4.79 Å². The Balaban J connectivity index is 4.54. The average molecular weight is 225 g/mol. The molecule has 0 heterocycles. The van der Waals surface area contributed by atoms with Crippen molar-refractivity contribution in [3.05, 3.63) is 11.6 Å². The average Bonchev–Trinajstić information content (AvgIpc) is 2.05. The summed E-state index contributed by atoms with van der Waals surface area (Å²) in [5, 5.41) is 0. The number of rotatable bonds is 4. The summed E-state index contributed by atoms with van der Waals surface area (Å²) in [7, 11) is 0. The van der Waals surface area contributed by atoms with Crippen LogP contribution in [0.25, 0.3) is 0 Å². The molecule has 0 aliphatic rings. The van der Waals surface area contributed by atoms with Gasteiger partial charge in [0.25, 0.3) is 0 Å². The lowest BCUT2D eigenvalue weighted by atomic mass is 10.2. The summed E-state index contributed by atoms with van der Waals surface area (Å²) in [5.74, 6) is -1.33. The second kappa shape index (κ2) is 6.00. The van der Waals surface area contributed by atoms with Gasteiger partial charge in [-0.2, -0.15) is 0 Å². The maximum atomic E-state index is 11.2. The summed E-state index contributed by atoms with van der Waals surface area (Å²) >= 11 is 10.6. The van der Waals surface area contributed by atoms with Crippen LogP contribution in [-0.2, 0) is 14.3 Å². The summed E-state index contributed by atoms with van der Waals surface area (Å²) < 4.78 is 4.62. The first-order valence-electron chi connectivity index (χ1n) is 3.70. The molecule has 3 nitrogen and oxygen atoms in total. The van der Waals surface area contributed by atoms with Gasteiger partial charge in [-0.3, -0.25) is 4.79 Å². The zero-order chi connectivity index (χ0) is 10.4. The van der Waals surface area contributed by atoms with Crippen molar-refractivity contribution in [1.29, 1.82) is 0 Å². The van der Waals surface area contributed by atoms with Crippen molar-refractivity contribution in [2.45, 2.75) is 18.7 Å². The van der Waals surface area contributed by atoms with Crippen LogP contribution < -0.4 is 0 Å². The van der Waals surface area contributed by atoms with Gasteiger partial charge in [0.15, 0.2) is 4.84 Å². The SMILES string of the molecule is CC=C(C(=O)OCC)C(=O)C(Cl)Cl. The van der Waals surface area contributed by atoms with Crippen molar-refractivity contribution >= 4 is 35.0 Å². The Labute approximate surface area is 86.6 Å². The summed E-state index contributed by atoms with van der Waals surface area (Å²) in [5.41, 5.74) is -0.114. The van der Waals surface area contributed by atoms with E-state index in [1.54, 1.807) is 13.8 Å². The Hall–Kier alpha value is -0.540. The Morgan fingerprint density at radius 1 is 1.46 bits per heavy atom. The fourth-order valence-electron chi connectivity index (χ4n) is 0.687. The van der Waals surface area contributed by atoms with Crippen molar-refractivity contribution in [1.82, 2.24) is 0 Å². The molecule has 0 aliphatic carbocycles. The molecule has 0 spiro atoms. The van der Waals surface area contributed by atoms with E-state index >= 15 is 0 Å². The number of ketones is 1. The minimum atomic E-state index is -1.23. The maximum Gasteiger partial charge on any atom is 0.341 e. The van der Waals surface area contributed by atoms with Crippen LogP contribution >= 0.6 is 23.2 Å². The predicted molar refractivity (Wildman–Crippen MR) is 50.9 cm³/mol. The van der Waals surface area contributed by atoms with Gasteiger partial charge in [-0.1, -0.05) is 29.3 Å². The van der Waals surface area contributed by atoms with Gasteiger partial charge < -0.3 is 4.74 Å². The van der Waals surface area contributed by atoms with Crippen LogP contribution in [0.1, 0.15) is 13.8 Å². The number of alkyl halides is 2. The number of hydrogen-bond acceptors (Lipinski definition) is 3. The van der Waals surface area contributed by atoms with Crippen LogP contribution in [0, 0.1) is 0 Å². The number of carbonyl (C=O) groups excluding carboxylic acids is 2. The van der Waals surface area contributed by atoms with E-state index in [2.05, 4.69) is 4.74 Å². The van der Waals surface area contributed by atoms with Crippen molar-refractivity contribution in [2.75, 3.05) is 6.61 Å². The van der Waals surface area contributed by atoms with Gasteiger partial charge >= 0.3 is 5.97 Å². The molecule has 0 N–H and O–H groups in total. The highest BCUT2D eigenvalue weighted by Crippen LogP contribution is 2.11. The molecule has 0 atom stereocenters. The molecule has 0 aromatic heterocycles. The smallest absolute Gasteiger partial charge is 0.341 e. The second-order valence-corrected chi connectivity index (χ2v) is 3.18. The van der Waals surface area contributed by atoms with E-state index in [1.807, 2.05) is 0 Å². The lowest BCUT2D eigenvalue weighted by Crippen LogP contribution is -2.20. The van der Waals surface area contributed by atoms with Crippen LogP contribution in [0.15, 0.2) is 11.6 Å². The monoisotopic (exact) mass is 224 g/mol. The molecule has 0 rings (SSSR count). The van der Waals surface area contributed by atoms with E-state index in [9.17, 15) is 9.59 Å². The molecule has 0 radical (unpaired) electrons. The van der Waals surface area contributed by atoms with Crippen LogP contribution in [-0.4, -0.2) is 23.2 Å². The Morgan fingerprint density at radius 2 is 2.00 bits per heavy atom. The number of ether oxygens (including phenoxy) is 1. The first-order valence-corrected chi connectivity index (χ1v) is 4.57. The molecular formula is C8H10Cl2O3. The standard InChI is InChI=1S/C8H10Cl2O3/c1-3-5(6(11)7(9)10)8(12)13-4-2/h3,7H,4H2,1-2H3. The topological polar surface area (TPSA) is 43.4 Å². The largest absolute Gasteiger partial charge is 0.462 e. The molecule has 0 bridgehead atoms. The van der Waals surface area contributed by atoms with E-state index in [1.165, 1.54) is 6.08 Å². The lowest BCUT2D eigenvalue weighted by Gasteiger charge is -2.05. The molecule has 0 saturated heterocycles. The lowest BCUT2D eigenvalue weighted by molar-refractivity contribution is -0.139. The van der Waals surface area contributed by atoms with Crippen molar-refractivity contribution in [3.8, 4) is 0 Å². The molecule has 0 saturated carbocycles. The van der Waals surface area contributed by atoms with Gasteiger partial charge in [0.05, 0.1) is 6.61 Å². The van der Waals surface area contributed by atoms with Gasteiger partial charge in [0, 0.05) is 0 Å². The minimum absolute atomic E-state index is 0.114. The summed E-state index contributed by atoms with van der Waals surface area (Å²) in [6.07, 6.45) is 1.33. The summed E-state index contributed by atoms with van der Waals surface area (Å²) in [6.45, 7) is 3.40. The second-order valence-electron chi connectivity index (χ2n) is 2.09. The molecule has 0 aromatic rings. The van der Waals surface area contributed by atoms with E-state index < -0.39 is 16.6 Å². The molecule has 0 aliphatic heterocycles. The van der Waals surface area contributed by atoms with Gasteiger partial charge in [-0.15, -0.1) is 0 Å². The van der Waals surface area contributed by atoms with Crippen molar-refractivity contribution in [2.24, 2.45) is 0 Å². The fourth-order valence-corrected chi connectivity index (χ4v) is 0.922. The van der Waals surface area contributed by atoms with Gasteiger partial charge in [0.2, 0.25) is 5.78 Å². The highest BCUT2D eigenvalue weighted by atomic mass is 35.5. The third-order valence-electron chi connectivity index (χ3n) is 1.25. The summed E-state index contributed by atoms with van der Waals surface area (Å²) in [6, 6.07) is 0. The number of halogens is 2. The fraction of sp³-hybridized carbons (Fsp3) is 0.500. The van der Waals surface area contributed by atoms with E-state index in [0.29, 0.717) is 0 Å². The van der Waals surface area contributed by atoms with Crippen molar-refractivity contribution in [3.63, 3.8) is 0 Å². The third-order valence-corrected chi connectivity index (χ3v) is 1.64. The zero-order valence-electron chi connectivity index (χ0n) is 7.34. The Bertz CT molecular complexity index is 234. The number of hydrogen-bond donors (Lipinski definition) is 0. The van der Waals surface area contributed by atoms with Gasteiger partial charge in [0.1, 0.15) is 5.57 Å². The number of carbonyl (C=O) groups is 2. The quantitative estimate of drug-likeness (QED) is 0.241. The van der Waals surface area contributed by atoms with Crippen LogP contribution in [0.4, 0.5) is 0 Å². The molecule has 0 aromatic carbocycles. The number of esters is 1. The Morgan fingerprint density at radius 3 is 2.31 bits per heavy atom. The molecule has 74 valence electrons. The molecule has 5 heteroatoms. The molecule has 13 heavy (non-hydrogen) atoms. The van der Waals surface area contributed by atoms with Crippen LogP contribution in [0.3, 0.4) is 0 Å². The third kappa shape index (κ3) is 3.79. The Kier molecular flexibility index (Phi) is 5.75. The number of allylic oxidation sites excluding steroid dienone is 1. The first-order chi connectivity index (χ1) is 6.04. The molecule has 0 unspecified atom stereocenters. The van der Waals surface area contributed by atoms with Gasteiger partial charge in [-0.05, 0) is 13.8 Å². The predicted octanol–water partition coefficient (Wildman–Crippen LogP) is 1.87. The molecule has 0 amide bonds. The number of Topliss-reactive ketones (excluding diaryl/α,β-unsaturated/α-hetero) is 1. The van der Waals surface area contributed by atoms with Crippen molar-refractivity contribution < 1.29 is 14.3 Å².